The summed E-state index contributed by atoms with van der Waals surface area (Å²) in [4.78, 5) is 15.1. The van der Waals surface area contributed by atoms with Crippen LogP contribution in [-0.4, -0.2) is 10.9 Å². The molecule has 0 aliphatic heterocycles. The molecule has 0 spiro atoms. The van der Waals surface area contributed by atoms with Crippen LogP contribution < -0.4 is 0 Å². The van der Waals surface area contributed by atoms with Crippen LogP contribution in [0.1, 0.15) is 245 Å². The van der Waals surface area contributed by atoms with E-state index in [4.69, 9.17) is 0 Å². The smallest absolute Gasteiger partial charge is 0.227 e. The van der Waals surface area contributed by atoms with Crippen molar-refractivity contribution >= 4 is 11.9 Å². The average molecular weight is 645 g/mol. The quantitative estimate of drug-likeness (QED) is 0.0834. The van der Waals surface area contributed by atoms with Crippen LogP contribution in [0, 0.1) is 0 Å². The summed E-state index contributed by atoms with van der Waals surface area (Å²) in [5.74, 6) is 1.68. The average Bonchev–Trinajstić information content (AvgIpc) is 3.03. The first kappa shape index (κ1) is 40.8. The van der Waals surface area contributed by atoms with E-state index in [-0.39, 0.29) is 23.4 Å². The van der Waals surface area contributed by atoms with Crippen LogP contribution >= 0.6 is 0 Å². The van der Waals surface area contributed by atoms with E-state index in [0.717, 1.165) is 88.2 Å². The fraction of sp³-hybridized carbons (Fsp3) is 0.667. The lowest BCUT2D eigenvalue weighted by molar-refractivity contribution is 0.0977. The molecular formula is C45H72O2. The van der Waals surface area contributed by atoms with Gasteiger partial charge in [0.25, 0.3) is 0 Å². The Hall–Kier alpha value is -2.35. The van der Waals surface area contributed by atoms with E-state index in [0.29, 0.717) is 23.7 Å². The van der Waals surface area contributed by atoms with Crippen molar-refractivity contribution < 1.29 is 9.90 Å². The zero-order chi connectivity index (χ0) is 35.3. The lowest BCUT2D eigenvalue weighted by Crippen LogP contribution is -2.20. The molecule has 0 aliphatic rings. The van der Waals surface area contributed by atoms with Gasteiger partial charge in [0.2, 0.25) is 5.78 Å². The number of rotatable bonds is 21. The highest BCUT2D eigenvalue weighted by molar-refractivity contribution is 6.12. The lowest BCUT2D eigenvalue weighted by Gasteiger charge is -2.31. The summed E-state index contributed by atoms with van der Waals surface area (Å²) >= 11 is 0. The molecule has 0 aliphatic carbocycles. The van der Waals surface area contributed by atoms with Gasteiger partial charge in [-0.05, 0) is 119 Å². The molecule has 0 amide bonds. The maximum Gasteiger partial charge on any atom is 0.227 e. The highest BCUT2D eigenvalue weighted by Gasteiger charge is 2.32. The van der Waals surface area contributed by atoms with Crippen LogP contribution in [0.15, 0.2) is 30.0 Å². The maximum atomic E-state index is 15.1. The Labute approximate surface area is 291 Å². The van der Waals surface area contributed by atoms with Crippen LogP contribution in [-0.2, 0) is 0 Å². The van der Waals surface area contributed by atoms with Crippen molar-refractivity contribution in [3.63, 3.8) is 0 Å². The van der Waals surface area contributed by atoms with E-state index in [1.54, 1.807) is 0 Å². The monoisotopic (exact) mass is 645 g/mol. The van der Waals surface area contributed by atoms with Crippen molar-refractivity contribution in [1.29, 1.82) is 0 Å². The van der Waals surface area contributed by atoms with Crippen molar-refractivity contribution in [2.75, 3.05) is 0 Å². The molecule has 2 nitrogen and oxygen atoms in total. The number of hydrogen-bond acceptors (Lipinski definition) is 2. The summed E-state index contributed by atoms with van der Waals surface area (Å²) in [7, 11) is 0. The molecular weight excluding hydrogens is 572 g/mol. The van der Waals surface area contributed by atoms with Gasteiger partial charge in [0.15, 0.2) is 5.76 Å². The van der Waals surface area contributed by atoms with Gasteiger partial charge in [-0.2, -0.15) is 0 Å². The van der Waals surface area contributed by atoms with Gasteiger partial charge in [0, 0.05) is 5.56 Å². The number of carbonyl (C=O) groups excluding carboxylic acids is 1. The molecule has 1 N–H and O–H groups in total. The molecule has 2 aromatic carbocycles. The Morgan fingerprint density at radius 3 is 1.36 bits per heavy atom. The number of carbonyl (C=O) groups is 1. The van der Waals surface area contributed by atoms with Gasteiger partial charge in [-0.15, -0.1) is 0 Å². The summed E-state index contributed by atoms with van der Waals surface area (Å²) in [5.41, 5.74) is 9.40. The molecule has 0 radical (unpaired) electrons. The zero-order valence-corrected chi connectivity index (χ0v) is 32.7. The van der Waals surface area contributed by atoms with E-state index in [9.17, 15) is 5.11 Å². The Morgan fingerprint density at radius 2 is 0.936 bits per heavy atom. The fourth-order valence-corrected chi connectivity index (χ4v) is 8.21. The summed E-state index contributed by atoms with van der Waals surface area (Å²) in [6.45, 7) is 27.4. The first-order chi connectivity index (χ1) is 22.4. The third kappa shape index (κ3) is 10.6. The van der Waals surface area contributed by atoms with Crippen LogP contribution in [0.5, 0.6) is 0 Å². The van der Waals surface area contributed by atoms with Gasteiger partial charge in [-0.25, -0.2) is 0 Å². The van der Waals surface area contributed by atoms with E-state index in [1.165, 1.54) is 33.4 Å². The number of aliphatic hydroxyl groups is 1. The van der Waals surface area contributed by atoms with E-state index in [1.807, 2.05) is 6.08 Å². The maximum absolute atomic E-state index is 15.1. The third-order valence-electron chi connectivity index (χ3n) is 10.8. The molecule has 6 unspecified atom stereocenters. The molecule has 2 heteroatoms. The molecule has 2 aromatic rings. The number of allylic oxidation sites excluding steroid dienone is 1. The Kier molecular flexibility index (Phi) is 17.6. The number of Topliss-reactive ketones (excluding diaryl/α,β-unsaturated/α-hetero) is 1. The number of aliphatic hydroxyl groups excluding tert-OH is 1. The highest BCUT2D eigenvalue weighted by atomic mass is 16.3. The Balaban J connectivity index is 3.05. The Bertz CT molecular complexity index is 1240. The molecule has 0 fully saturated rings. The molecule has 2 rings (SSSR count). The van der Waals surface area contributed by atoms with Gasteiger partial charge in [0.1, 0.15) is 0 Å². The van der Waals surface area contributed by atoms with Crippen LogP contribution in [0.2, 0.25) is 0 Å². The van der Waals surface area contributed by atoms with E-state index in [2.05, 4.69) is 107 Å². The summed E-state index contributed by atoms with van der Waals surface area (Å²) in [6, 6.07) is 9.28. The van der Waals surface area contributed by atoms with E-state index >= 15 is 4.79 Å². The number of hydrogen-bond donors (Lipinski definition) is 1. The molecule has 47 heavy (non-hydrogen) atoms. The summed E-state index contributed by atoms with van der Waals surface area (Å²) in [5, 5.41) is 12.0. The zero-order valence-electron chi connectivity index (χ0n) is 32.7. The standard InChI is InChI=1S/C45H72O2/c1-13-19-30(7)36-25-26-38(31(8)20-14-2)37(27-36)28-41(46)45(47)44-42(34(11)23-17-5)39(32(9)21-15-3)29-40(33(10)22-16-4)43(44)35(12)24-18-6/h25-35,46H,13-24H2,1-12H3/b41-28-. The van der Waals surface area contributed by atoms with Crippen molar-refractivity contribution in [2.24, 2.45) is 0 Å². The first-order valence-electron chi connectivity index (χ1n) is 19.7. The Morgan fingerprint density at radius 1 is 0.553 bits per heavy atom. The molecule has 264 valence electrons. The van der Waals surface area contributed by atoms with Gasteiger partial charge in [-0.1, -0.05) is 146 Å². The van der Waals surface area contributed by atoms with Gasteiger partial charge in [-0.3, -0.25) is 4.79 Å². The van der Waals surface area contributed by atoms with Crippen LogP contribution in [0.4, 0.5) is 0 Å². The number of benzene rings is 2. The lowest BCUT2D eigenvalue weighted by atomic mass is 9.72. The molecule has 0 saturated carbocycles. The minimum Gasteiger partial charge on any atom is -0.504 e. The van der Waals surface area contributed by atoms with Gasteiger partial charge >= 0.3 is 0 Å². The first-order valence-corrected chi connectivity index (χ1v) is 19.7. The number of ketones is 1. The van der Waals surface area contributed by atoms with Crippen molar-refractivity contribution in [1.82, 2.24) is 0 Å². The highest BCUT2D eigenvalue weighted by Crippen LogP contribution is 2.44. The predicted octanol–water partition coefficient (Wildman–Crippen LogP) is 14.9. The van der Waals surface area contributed by atoms with Gasteiger partial charge in [0.05, 0.1) is 0 Å². The summed E-state index contributed by atoms with van der Waals surface area (Å²) < 4.78 is 0. The topological polar surface area (TPSA) is 37.3 Å². The summed E-state index contributed by atoms with van der Waals surface area (Å²) in [6.07, 6.45) is 14.8. The molecule has 6 atom stereocenters. The normalized spacial score (nSPS) is 16.0. The molecule has 0 heterocycles. The minimum atomic E-state index is -0.183. The largest absolute Gasteiger partial charge is 0.504 e. The molecule has 0 aromatic heterocycles. The third-order valence-corrected chi connectivity index (χ3v) is 10.8. The molecule has 0 bridgehead atoms. The fourth-order valence-electron chi connectivity index (χ4n) is 8.21. The van der Waals surface area contributed by atoms with Crippen molar-refractivity contribution in [3.8, 4) is 0 Å². The van der Waals surface area contributed by atoms with Crippen molar-refractivity contribution in [2.45, 2.75) is 196 Å². The van der Waals surface area contributed by atoms with Crippen LogP contribution in [0.3, 0.4) is 0 Å². The second kappa shape index (κ2) is 20.2. The van der Waals surface area contributed by atoms with Crippen molar-refractivity contribution in [3.05, 3.63) is 74.5 Å². The minimum absolute atomic E-state index is 0.112. The van der Waals surface area contributed by atoms with Crippen LogP contribution in [0.25, 0.3) is 6.08 Å². The SMILES string of the molecule is CCCC(C)c1ccc(C(C)CCC)c(/C=C(\O)C(=O)c2c(C(C)CCC)c(C(C)CCC)cc(C(C)CCC)c2C(C)CCC)c1. The van der Waals surface area contributed by atoms with Gasteiger partial charge < -0.3 is 5.11 Å². The molecule has 0 saturated heterocycles. The second-order valence-corrected chi connectivity index (χ2v) is 15.1. The predicted molar refractivity (Wildman–Crippen MR) is 208 cm³/mol. The second-order valence-electron chi connectivity index (χ2n) is 15.1. The van der Waals surface area contributed by atoms with E-state index < -0.39 is 0 Å².